The van der Waals surface area contributed by atoms with E-state index in [0.717, 1.165) is 49.4 Å². The fraction of sp³-hybridized carbons (Fsp3) is 0.176. The molecule has 0 bridgehead atoms. The van der Waals surface area contributed by atoms with Gasteiger partial charge in [0.1, 0.15) is 23.1 Å². The predicted octanol–water partition coefficient (Wildman–Crippen LogP) is 4.05. The molecule has 1 atom stereocenters. The maximum atomic E-state index is 13.5. The number of anilines is 1. The maximum Gasteiger partial charge on any atom is 0.573 e. The van der Waals surface area contributed by atoms with E-state index in [1.807, 2.05) is 5.32 Å². The number of para-hydroxylation sites is 1. The van der Waals surface area contributed by atoms with Gasteiger partial charge in [-0.2, -0.15) is 0 Å². The van der Waals surface area contributed by atoms with Gasteiger partial charge in [-0.15, -0.1) is 13.2 Å². The van der Waals surface area contributed by atoms with E-state index in [9.17, 15) is 31.5 Å². The number of hydrogen-bond acceptors (Lipinski definition) is 4. The van der Waals surface area contributed by atoms with Crippen molar-refractivity contribution >= 4 is 17.6 Å². The summed E-state index contributed by atoms with van der Waals surface area (Å²) in [5, 5.41) is 1.96. The Bertz CT molecular complexity index is 816. The van der Waals surface area contributed by atoms with Gasteiger partial charge in [0.05, 0.1) is 5.56 Å². The van der Waals surface area contributed by atoms with Gasteiger partial charge in [0.15, 0.2) is 6.10 Å². The Labute approximate surface area is 149 Å². The third-order valence-electron chi connectivity index (χ3n) is 3.19. The highest BCUT2D eigenvalue weighted by Gasteiger charge is 2.31. The van der Waals surface area contributed by atoms with Crippen molar-refractivity contribution in [1.29, 1.82) is 0 Å². The van der Waals surface area contributed by atoms with Crippen LogP contribution in [-0.2, 0) is 9.53 Å². The first-order valence-corrected chi connectivity index (χ1v) is 7.38. The molecule has 1 amide bonds. The van der Waals surface area contributed by atoms with Crippen molar-refractivity contribution in [1.82, 2.24) is 0 Å². The summed E-state index contributed by atoms with van der Waals surface area (Å²) in [5.74, 6) is -4.58. The Balaban J connectivity index is 1.99. The fourth-order valence-corrected chi connectivity index (χ4v) is 1.92. The second-order valence-corrected chi connectivity index (χ2v) is 5.21. The van der Waals surface area contributed by atoms with Gasteiger partial charge in [-0.25, -0.2) is 13.6 Å². The summed E-state index contributed by atoms with van der Waals surface area (Å²) < 4.78 is 71.8. The van der Waals surface area contributed by atoms with Crippen LogP contribution in [0.5, 0.6) is 5.75 Å². The van der Waals surface area contributed by atoms with Crippen molar-refractivity contribution in [2.75, 3.05) is 5.32 Å². The molecule has 2 rings (SSSR count). The lowest BCUT2D eigenvalue weighted by atomic mass is 10.2. The van der Waals surface area contributed by atoms with E-state index in [-0.39, 0.29) is 5.56 Å². The highest BCUT2D eigenvalue weighted by atomic mass is 19.4. The monoisotopic (exact) mass is 389 g/mol. The summed E-state index contributed by atoms with van der Waals surface area (Å²) in [6, 6.07) is 6.76. The number of carbonyl (C=O) groups is 2. The minimum absolute atomic E-state index is 0.152. The third-order valence-corrected chi connectivity index (χ3v) is 3.19. The molecule has 1 N–H and O–H groups in total. The zero-order chi connectivity index (χ0) is 20.2. The van der Waals surface area contributed by atoms with Gasteiger partial charge >= 0.3 is 12.3 Å². The normalized spacial score (nSPS) is 12.2. The van der Waals surface area contributed by atoms with Crippen molar-refractivity contribution in [3.05, 3.63) is 59.7 Å². The van der Waals surface area contributed by atoms with E-state index in [4.69, 9.17) is 4.74 Å². The molecule has 0 aliphatic heterocycles. The minimum Gasteiger partial charge on any atom is -0.449 e. The summed E-state index contributed by atoms with van der Waals surface area (Å²) in [4.78, 5) is 23.9. The third kappa shape index (κ3) is 5.66. The SMILES string of the molecule is C[C@H](OC(=O)c1ccc(OC(F)(F)F)cc1)C(=O)Nc1c(F)cccc1F. The molecule has 144 valence electrons. The molecule has 0 fully saturated rings. The fourth-order valence-electron chi connectivity index (χ4n) is 1.92. The molecule has 0 aliphatic rings. The lowest BCUT2D eigenvalue weighted by molar-refractivity contribution is -0.274. The average Bonchev–Trinajstić information content (AvgIpc) is 2.57. The lowest BCUT2D eigenvalue weighted by Crippen LogP contribution is -2.30. The average molecular weight is 389 g/mol. The van der Waals surface area contributed by atoms with E-state index >= 15 is 0 Å². The van der Waals surface area contributed by atoms with Crippen LogP contribution in [-0.4, -0.2) is 24.3 Å². The van der Waals surface area contributed by atoms with E-state index < -0.39 is 47.4 Å². The molecule has 2 aromatic rings. The molecule has 0 spiro atoms. The molecule has 5 nitrogen and oxygen atoms in total. The number of carbonyl (C=O) groups excluding carboxylic acids is 2. The van der Waals surface area contributed by atoms with Gasteiger partial charge in [-0.1, -0.05) is 6.07 Å². The van der Waals surface area contributed by atoms with E-state index in [1.54, 1.807) is 0 Å². The summed E-state index contributed by atoms with van der Waals surface area (Å²) in [7, 11) is 0. The van der Waals surface area contributed by atoms with Crippen LogP contribution in [0.2, 0.25) is 0 Å². The summed E-state index contributed by atoms with van der Waals surface area (Å²) >= 11 is 0. The summed E-state index contributed by atoms with van der Waals surface area (Å²) in [6.45, 7) is 1.16. The first-order valence-electron chi connectivity index (χ1n) is 7.38. The molecule has 0 aromatic heterocycles. The standard InChI is InChI=1S/C17H12F5NO4/c1-9(15(24)23-14-12(18)3-2-4-13(14)19)26-16(25)10-5-7-11(8-6-10)27-17(20,21)22/h2-9H,1H3,(H,23,24)/t9-/m0/s1. The second-order valence-electron chi connectivity index (χ2n) is 5.21. The van der Waals surface area contributed by atoms with E-state index in [2.05, 4.69) is 4.74 Å². The number of alkyl halides is 3. The van der Waals surface area contributed by atoms with Gasteiger partial charge in [0.25, 0.3) is 5.91 Å². The first-order chi connectivity index (χ1) is 12.6. The van der Waals surface area contributed by atoms with Crippen molar-refractivity contribution in [2.24, 2.45) is 0 Å². The number of hydrogen-bond donors (Lipinski definition) is 1. The van der Waals surface area contributed by atoms with Crippen LogP contribution in [0, 0.1) is 11.6 Å². The van der Waals surface area contributed by atoms with E-state index in [1.165, 1.54) is 0 Å². The summed E-state index contributed by atoms with van der Waals surface area (Å²) in [6.07, 6.45) is -6.31. The Kier molecular flexibility index (Phi) is 5.98. The van der Waals surface area contributed by atoms with Crippen LogP contribution in [0.25, 0.3) is 0 Å². The van der Waals surface area contributed by atoms with Gasteiger partial charge in [0.2, 0.25) is 0 Å². The van der Waals surface area contributed by atoms with Gasteiger partial charge < -0.3 is 14.8 Å². The van der Waals surface area contributed by atoms with Crippen LogP contribution in [0.4, 0.5) is 27.6 Å². The van der Waals surface area contributed by atoms with Crippen molar-refractivity contribution in [3.8, 4) is 5.75 Å². The molecular formula is C17H12F5NO4. The van der Waals surface area contributed by atoms with Crippen LogP contribution in [0.15, 0.2) is 42.5 Å². The van der Waals surface area contributed by atoms with Gasteiger partial charge in [0, 0.05) is 0 Å². The Morgan fingerprint density at radius 1 is 1.00 bits per heavy atom. The number of benzene rings is 2. The summed E-state index contributed by atoms with van der Waals surface area (Å²) in [5.41, 5.74) is -0.847. The highest BCUT2D eigenvalue weighted by Crippen LogP contribution is 2.23. The number of nitrogens with one attached hydrogen (secondary N) is 1. The van der Waals surface area contributed by atoms with Gasteiger partial charge in [-0.3, -0.25) is 4.79 Å². The quantitative estimate of drug-likeness (QED) is 0.619. The molecule has 10 heteroatoms. The Hall–Kier alpha value is -3.17. The van der Waals surface area contributed by atoms with Crippen LogP contribution < -0.4 is 10.1 Å². The van der Waals surface area contributed by atoms with Crippen LogP contribution in [0.1, 0.15) is 17.3 Å². The first kappa shape index (κ1) is 20.1. The number of amides is 1. The largest absolute Gasteiger partial charge is 0.573 e. The number of ether oxygens (including phenoxy) is 2. The molecule has 0 saturated heterocycles. The molecular weight excluding hydrogens is 377 g/mol. The predicted molar refractivity (Wildman–Crippen MR) is 83.0 cm³/mol. The second kappa shape index (κ2) is 8.02. The zero-order valence-electron chi connectivity index (χ0n) is 13.6. The molecule has 2 aromatic carbocycles. The van der Waals surface area contributed by atoms with Crippen LogP contribution >= 0.6 is 0 Å². The molecule has 0 radical (unpaired) electrons. The van der Waals surface area contributed by atoms with Crippen molar-refractivity contribution in [3.63, 3.8) is 0 Å². The smallest absolute Gasteiger partial charge is 0.449 e. The molecule has 0 saturated carbocycles. The lowest BCUT2D eigenvalue weighted by Gasteiger charge is -2.14. The molecule has 27 heavy (non-hydrogen) atoms. The Morgan fingerprint density at radius 2 is 1.56 bits per heavy atom. The van der Waals surface area contributed by atoms with Crippen molar-refractivity contribution in [2.45, 2.75) is 19.4 Å². The van der Waals surface area contributed by atoms with Crippen molar-refractivity contribution < 1.29 is 41.0 Å². The van der Waals surface area contributed by atoms with E-state index in [0.29, 0.717) is 0 Å². The molecule has 0 aliphatic carbocycles. The molecule has 0 heterocycles. The zero-order valence-corrected chi connectivity index (χ0v) is 13.6. The minimum atomic E-state index is -4.88. The molecule has 0 unspecified atom stereocenters. The number of halogens is 5. The topological polar surface area (TPSA) is 64.6 Å². The van der Waals surface area contributed by atoms with Crippen LogP contribution in [0.3, 0.4) is 0 Å². The number of esters is 1. The highest BCUT2D eigenvalue weighted by molar-refractivity contribution is 5.97. The number of rotatable bonds is 5. The maximum absolute atomic E-state index is 13.5. The van der Waals surface area contributed by atoms with Gasteiger partial charge in [-0.05, 0) is 43.3 Å². The Morgan fingerprint density at radius 3 is 2.07 bits per heavy atom.